The summed E-state index contributed by atoms with van der Waals surface area (Å²) in [5, 5.41) is 0.423. The van der Waals surface area contributed by atoms with Gasteiger partial charge in [-0.3, -0.25) is 9.59 Å². The molecule has 1 unspecified atom stereocenters. The highest BCUT2D eigenvalue weighted by Gasteiger charge is 2.39. The molecule has 0 aliphatic rings. The van der Waals surface area contributed by atoms with Crippen molar-refractivity contribution in [1.29, 1.82) is 0 Å². The van der Waals surface area contributed by atoms with Crippen molar-refractivity contribution in [3.05, 3.63) is 59.1 Å². The van der Waals surface area contributed by atoms with Crippen LogP contribution in [0.5, 0.6) is 5.75 Å². The summed E-state index contributed by atoms with van der Waals surface area (Å²) in [5.41, 5.74) is -0.687. The summed E-state index contributed by atoms with van der Waals surface area (Å²) >= 11 is 6.28. The molecule has 0 aromatic heterocycles. The SMILES string of the molecule is CCCCCCCCCCCCOC(=O)CP(=O)(C(=O)c1c(Cl)cccc1OC)c1ccccc1. The number of carbonyl (C=O) groups excluding carboxylic acids is 2. The Morgan fingerprint density at radius 2 is 1.43 bits per heavy atom. The van der Waals surface area contributed by atoms with Crippen LogP contribution >= 0.6 is 18.7 Å². The normalized spacial score (nSPS) is 12.7. The van der Waals surface area contributed by atoms with Crippen LogP contribution in [0.25, 0.3) is 0 Å². The second kappa shape index (κ2) is 15.8. The Kier molecular flexibility index (Phi) is 13.2. The highest BCUT2D eigenvalue weighted by Crippen LogP contribution is 2.50. The largest absolute Gasteiger partial charge is 0.496 e. The zero-order chi connectivity index (χ0) is 25.5. The molecule has 0 fully saturated rings. The number of carbonyl (C=O) groups is 2. The Labute approximate surface area is 214 Å². The number of benzene rings is 2. The lowest BCUT2D eigenvalue weighted by atomic mass is 10.1. The molecule has 2 aromatic carbocycles. The zero-order valence-corrected chi connectivity index (χ0v) is 22.6. The van der Waals surface area contributed by atoms with Gasteiger partial charge in [0.25, 0.3) is 0 Å². The van der Waals surface area contributed by atoms with Gasteiger partial charge in [-0.25, -0.2) is 0 Å². The molecule has 192 valence electrons. The van der Waals surface area contributed by atoms with Gasteiger partial charge < -0.3 is 14.0 Å². The Hall–Kier alpha value is -2.10. The summed E-state index contributed by atoms with van der Waals surface area (Å²) in [6, 6.07) is 13.1. The van der Waals surface area contributed by atoms with Gasteiger partial charge in [0.1, 0.15) is 11.9 Å². The van der Waals surface area contributed by atoms with E-state index in [1.807, 2.05) is 0 Å². The van der Waals surface area contributed by atoms with Gasteiger partial charge in [-0.05, 0) is 18.6 Å². The van der Waals surface area contributed by atoms with E-state index in [0.717, 1.165) is 19.3 Å². The lowest BCUT2D eigenvalue weighted by Gasteiger charge is -2.19. The first-order valence-corrected chi connectivity index (χ1v) is 14.9. The monoisotopic (exact) mass is 520 g/mol. The van der Waals surface area contributed by atoms with Crippen molar-refractivity contribution in [2.75, 3.05) is 19.9 Å². The predicted molar refractivity (Wildman–Crippen MR) is 144 cm³/mol. The molecule has 35 heavy (non-hydrogen) atoms. The summed E-state index contributed by atoms with van der Waals surface area (Å²) < 4.78 is 24.7. The first-order chi connectivity index (χ1) is 16.9. The van der Waals surface area contributed by atoms with Crippen molar-refractivity contribution in [3.63, 3.8) is 0 Å². The molecule has 0 aliphatic carbocycles. The van der Waals surface area contributed by atoms with Gasteiger partial charge in [0.2, 0.25) is 5.52 Å². The fraction of sp³-hybridized carbons (Fsp3) is 0.500. The quantitative estimate of drug-likeness (QED) is 0.122. The van der Waals surface area contributed by atoms with Crippen LogP contribution in [0.1, 0.15) is 81.5 Å². The predicted octanol–water partition coefficient (Wildman–Crippen LogP) is 7.64. The number of ether oxygens (including phenoxy) is 2. The molecule has 0 aliphatic heterocycles. The van der Waals surface area contributed by atoms with Crippen LogP contribution in [0.15, 0.2) is 48.5 Å². The number of esters is 1. The minimum Gasteiger partial charge on any atom is -0.496 e. The Morgan fingerprint density at radius 1 is 0.829 bits per heavy atom. The molecular formula is C28H38ClO5P. The van der Waals surface area contributed by atoms with Crippen LogP contribution in [-0.4, -0.2) is 31.4 Å². The third-order valence-corrected chi connectivity index (χ3v) is 9.05. The van der Waals surface area contributed by atoms with Crippen LogP contribution in [0.3, 0.4) is 0 Å². The molecule has 0 saturated heterocycles. The Balaban J connectivity index is 1.93. The van der Waals surface area contributed by atoms with Gasteiger partial charge in [0, 0.05) is 5.30 Å². The van der Waals surface area contributed by atoms with Gasteiger partial charge in [0.05, 0.1) is 24.3 Å². The third kappa shape index (κ3) is 9.13. The van der Waals surface area contributed by atoms with Crippen molar-refractivity contribution in [3.8, 4) is 5.75 Å². The molecule has 0 bridgehead atoms. The van der Waals surface area contributed by atoms with Gasteiger partial charge in [-0.15, -0.1) is 0 Å². The lowest BCUT2D eigenvalue weighted by Crippen LogP contribution is -2.22. The summed E-state index contributed by atoms with van der Waals surface area (Å²) in [4.78, 5) is 26.2. The number of rotatable bonds is 17. The zero-order valence-electron chi connectivity index (χ0n) is 21.0. The number of halogens is 1. The molecule has 2 rings (SSSR count). The average molecular weight is 521 g/mol. The molecule has 0 heterocycles. The van der Waals surface area contributed by atoms with Crippen molar-refractivity contribution in [2.45, 2.75) is 71.1 Å². The van der Waals surface area contributed by atoms with Crippen molar-refractivity contribution >= 4 is 35.5 Å². The first-order valence-electron chi connectivity index (χ1n) is 12.6. The van der Waals surface area contributed by atoms with Crippen LogP contribution in [0.2, 0.25) is 5.02 Å². The van der Waals surface area contributed by atoms with E-state index in [1.165, 1.54) is 58.1 Å². The van der Waals surface area contributed by atoms with Gasteiger partial charge in [0.15, 0.2) is 7.14 Å². The Bertz CT molecular complexity index is 977. The number of unbranched alkanes of at least 4 members (excludes halogenated alkanes) is 9. The maximum atomic E-state index is 14.1. The molecule has 1 atom stereocenters. The second-order valence-electron chi connectivity index (χ2n) is 8.76. The van der Waals surface area contributed by atoms with Gasteiger partial charge in [-0.2, -0.15) is 0 Å². The van der Waals surface area contributed by atoms with E-state index in [4.69, 9.17) is 21.1 Å². The molecule has 0 radical (unpaired) electrons. The molecule has 0 spiro atoms. The topological polar surface area (TPSA) is 69.7 Å². The summed E-state index contributed by atoms with van der Waals surface area (Å²) in [6.45, 7) is 2.48. The minimum atomic E-state index is -3.87. The molecule has 0 saturated carbocycles. The van der Waals surface area contributed by atoms with Crippen LogP contribution < -0.4 is 10.0 Å². The fourth-order valence-corrected chi connectivity index (χ4v) is 6.59. The van der Waals surface area contributed by atoms with E-state index in [0.29, 0.717) is 5.30 Å². The van der Waals surface area contributed by atoms with Crippen molar-refractivity contribution < 1.29 is 23.6 Å². The molecule has 7 heteroatoms. The van der Waals surface area contributed by atoms with E-state index < -0.39 is 24.8 Å². The maximum Gasteiger partial charge on any atom is 0.314 e. The van der Waals surface area contributed by atoms with Crippen molar-refractivity contribution in [2.24, 2.45) is 0 Å². The molecule has 2 aromatic rings. The highest BCUT2D eigenvalue weighted by atomic mass is 35.5. The van der Waals surface area contributed by atoms with Crippen LogP contribution in [0.4, 0.5) is 0 Å². The van der Waals surface area contributed by atoms with Crippen LogP contribution in [0, 0.1) is 0 Å². The Morgan fingerprint density at radius 3 is 2.03 bits per heavy atom. The number of hydrogen-bond acceptors (Lipinski definition) is 5. The summed E-state index contributed by atoms with van der Waals surface area (Å²) in [5.74, 6) is -0.426. The van der Waals surface area contributed by atoms with Crippen molar-refractivity contribution in [1.82, 2.24) is 0 Å². The van der Waals surface area contributed by atoms with Crippen LogP contribution in [-0.2, 0) is 14.1 Å². The molecule has 0 N–H and O–H groups in total. The molecule has 5 nitrogen and oxygen atoms in total. The van der Waals surface area contributed by atoms with E-state index >= 15 is 0 Å². The molecular weight excluding hydrogens is 483 g/mol. The number of methoxy groups -OCH3 is 1. The fourth-order valence-electron chi connectivity index (χ4n) is 4.01. The maximum absolute atomic E-state index is 14.1. The average Bonchev–Trinajstić information content (AvgIpc) is 2.87. The number of hydrogen-bond donors (Lipinski definition) is 0. The van der Waals surface area contributed by atoms with E-state index in [9.17, 15) is 14.2 Å². The summed E-state index contributed by atoms with van der Waals surface area (Å²) in [7, 11) is -2.45. The van der Waals surface area contributed by atoms with E-state index in [2.05, 4.69) is 6.92 Å². The standard InChI is InChI=1S/C28H38ClO5P/c1-3-4-5-6-7-8-9-10-11-15-21-34-26(30)22-35(32,23-17-13-12-14-18-23)28(31)27-24(29)19-16-20-25(27)33-2/h12-14,16-20H,3-11,15,21-22H2,1-2H3. The second-order valence-corrected chi connectivity index (χ2v) is 11.9. The highest BCUT2D eigenvalue weighted by molar-refractivity contribution is 7.88. The van der Waals surface area contributed by atoms with Gasteiger partial charge in [-0.1, -0.05) is 113 Å². The summed E-state index contributed by atoms with van der Waals surface area (Å²) in [6.07, 6.45) is 11.3. The van der Waals surface area contributed by atoms with Gasteiger partial charge >= 0.3 is 5.97 Å². The third-order valence-electron chi connectivity index (χ3n) is 6.02. The first kappa shape index (κ1) is 29.1. The lowest BCUT2D eigenvalue weighted by molar-refractivity contribution is -0.140. The minimum absolute atomic E-state index is 0.0198. The van der Waals surface area contributed by atoms with E-state index in [-0.39, 0.29) is 22.9 Å². The molecule has 0 amide bonds. The van der Waals surface area contributed by atoms with E-state index in [1.54, 1.807) is 42.5 Å². The smallest absolute Gasteiger partial charge is 0.314 e.